The molecule has 1 aromatic rings. The van der Waals surface area contributed by atoms with Crippen LogP contribution in [0.2, 0.25) is 0 Å². The predicted octanol–water partition coefficient (Wildman–Crippen LogP) is 2.26. The number of benzene rings is 1. The number of hydrogen-bond donors (Lipinski definition) is 3. The van der Waals surface area contributed by atoms with Crippen LogP contribution in [0.3, 0.4) is 0 Å². The summed E-state index contributed by atoms with van der Waals surface area (Å²) in [5.41, 5.74) is 1.55. The molecule has 29 heavy (non-hydrogen) atoms. The van der Waals surface area contributed by atoms with Crippen molar-refractivity contribution in [3.05, 3.63) is 42.0 Å². The van der Waals surface area contributed by atoms with E-state index in [0.29, 0.717) is 18.7 Å². The summed E-state index contributed by atoms with van der Waals surface area (Å²) in [5.74, 6) is -0.376. The number of aliphatic hydroxyl groups excluding tert-OH is 2. The van der Waals surface area contributed by atoms with Crippen LogP contribution in [0.4, 0.5) is 5.69 Å². The van der Waals surface area contributed by atoms with Crippen LogP contribution in [-0.2, 0) is 14.3 Å². The first-order valence-corrected chi connectivity index (χ1v) is 10.1. The van der Waals surface area contributed by atoms with Crippen LogP contribution >= 0.6 is 0 Å². The third-order valence-corrected chi connectivity index (χ3v) is 5.26. The van der Waals surface area contributed by atoms with Crippen molar-refractivity contribution in [2.45, 2.75) is 51.4 Å². The van der Waals surface area contributed by atoms with E-state index in [1.165, 1.54) is 6.92 Å². The molecule has 7 nitrogen and oxygen atoms in total. The maximum absolute atomic E-state index is 12.4. The Bertz CT molecular complexity index is 702. The van der Waals surface area contributed by atoms with Gasteiger partial charge in [0.05, 0.1) is 18.8 Å². The molecule has 4 atom stereocenters. The van der Waals surface area contributed by atoms with E-state index in [1.807, 2.05) is 31.2 Å². The van der Waals surface area contributed by atoms with E-state index >= 15 is 0 Å². The Labute approximate surface area is 172 Å². The number of carbonyl (C=O) groups is 2. The molecule has 0 unspecified atom stereocenters. The Morgan fingerprint density at radius 3 is 2.59 bits per heavy atom. The van der Waals surface area contributed by atoms with E-state index in [0.717, 1.165) is 18.4 Å². The van der Waals surface area contributed by atoms with Crippen molar-refractivity contribution in [3.8, 4) is 0 Å². The molecular weight excluding hydrogens is 372 g/mol. The van der Waals surface area contributed by atoms with E-state index in [1.54, 1.807) is 24.1 Å². The van der Waals surface area contributed by atoms with E-state index in [4.69, 9.17) is 4.74 Å². The molecule has 2 amide bonds. The van der Waals surface area contributed by atoms with Crippen molar-refractivity contribution in [2.75, 3.05) is 25.6 Å². The Hall–Kier alpha value is -2.22. The summed E-state index contributed by atoms with van der Waals surface area (Å²) in [6, 6.07) is 7.23. The number of carbonyl (C=O) groups excluding carboxylic acids is 2. The largest absolute Gasteiger partial charge is 0.394 e. The molecule has 0 aliphatic carbocycles. The molecule has 1 aromatic carbocycles. The molecule has 7 heteroatoms. The highest BCUT2D eigenvalue weighted by atomic mass is 16.5. The van der Waals surface area contributed by atoms with Gasteiger partial charge in [0.2, 0.25) is 5.91 Å². The zero-order valence-corrected chi connectivity index (χ0v) is 17.4. The predicted molar refractivity (Wildman–Crippen MR) is 111 cm³/mol. The molecule has 160 valence electrons. The van der Waals surface area contributed by atoms with Gasteiger partial charge in [-0.25, -0.2) is 0 Å². The average molecular weight is 405 g/mol. The van der Waals surface area contributed by atoms with E-state index in [9.17, 15) is 19.8 Å². The Kier molecular flexibility index (Phi) is 8.82. The summed E-state index contributed by atoms with van der Waals surface area (Å²) >= 11 is 0. The minimum Gasteiger partial charge on any atom is -0.394 e. The first-order valence-electron chi connectivity index (χ1n) is 10.1. The minimum atomic E-state index is -1.07. The van der Waals surface area contributed by atoms with E-state index in [2.05, 4.69) is 5.32 Å². The van der Waals surface area contributed by atoms with Crippen LogP contribution in [0.1, 0.15) is 44.8 Å². The second-order valence-corrected chi connectivity index (χ2v) is 7.50. The molecule has 1 saturated heterocycles. The zero-order chi connectivity index (χ0) is 21.4. The number of amides is 2. The van der Waals surface area contributed by atoms with E-state index in [-0.39, 0.29) is 30.6 Å². The number of hydrogen-bond acceptors (Lipinski definition) is 5. The second-order valence-electron chi connectivity index (χ2n) is 7.50. The zero-order valence-electron chi connectivity index (χ0n) is 17.4. The number of nitrogens with one attached hydrogen (secondary N) is 1. The van der Waals surface area contributed by atoms with Crippen molar-refractivity contribution in [1.29, 1.82) is 0 Å². The molecular formula is C22H32N2O5. The topological polar surface area (TPSA) is 99.1 Å². The van der Waals surface area contributed by atoms with Crippen LogP contribution in [0.25, 0.3) is 0 Å². The highest BCUT2D eigenvalue weighted by Crippen LogP contribution is 2.28. The fourth-order valence-corrected chi connectivity index (χ4v) is 3.61. The minimum absolute atomic E-state index is 0.0191. The van der Waals surface area contributed by atoms with Gasteiger partial charge < -0.3 is 25.2 Å². The summed E-state index contributed by atoms with van der Waals surface area (Å²) in [5, 5.41) is 21.3. The van der Waals surface area contributed by atoms with Gasteiger partial charge in [-0.1, -0.05) is 31.2 Å². The molecule has 0 aromatic heterocycles. The third kappa shape index (κ3) is 6.39. The SMILES string of the molecule is CO[C@H](c1ccc(NC(=O)[C@H](C)O)cc1)[C@H](C)/C=C/CC(=O)N1CCC[C@H]1CO. The molecule has 1 heterocycles. The maximum Gasteiger partial charge on any atom is 0.252 e. The Morgan fingerprint density at radius 1 is 1.31 bits per heavy atom. The number of likely N-dealkylation sites (tertiary alicyclic amines) is 1. The number of methoxy groups -OCH3 is 1. The van der Waals surface area contributed by atoms with Crippen LogP contribution in [0, 0.1) is 5.92 Å². The van der Waals surface area contributed by atoms with Gasteiger partial charge in [0, 0.05) is 31.7 Å². The van der Waals surface area contributed by atoms with Gasteiger partial charge in [0.15, 0.2) is 0 Å². The summed E-state index contributed by atoms with van der Waals surface area (Å²) in [6.07, 6.45) is 4.68. The maximum atomic E-state index is 12.4. The van der Waals surface area contributed by atoms with Gasteiger partial charge in [-0.3, -0.25) is 9.59 Å². The van der Waals surface area contributed by atoms with Gasteiger partial charge >= 0.3 is 0 Å². The van der Waals surface area contributed by atoms with Crippen LogP contribution < -0.4 is 5.32 Å². The fourth-order valence-electron chi connectivity index (χ4n) is 3.61. The van der Waals surface area contributed by atoms with Crippen molar-refractivity contribution >= 4 is 17.5 Å². The highest BCUT2D eigenvalue weighted by Gasteiger charge is 2.27. The molecule has 2 rings (SSSR count). The summed E-state index contributed by atoms with van der Waals surface area (Å²) in [6.45, 7) is 4.17. The lowest BCUT2D eigenvalue weighted by molar-refractivity contribution is -0.131. The van der Waals surface area contributed by atoms with Crippen molar-refractivity contribution in [3.63, 3.8) is 0 Å². The average Bonchev–Trinajstić information content (AvgIpc) is 3.18. The van der Waals surface area contributed by atoms with Crippen LogP contribution in [0.15, 0.2) is 36.4 Å². The number of aliphatic hydroxyl groups is 2. The fraction of sp³-hybridized carbons (Fsp3) is 0.545. The number of ether oxygens (including phenoxy) is 1. The van der Waals surface area contributed by atoms with Gasteiger partial charge in [0.25, 0.3) is 5.91 Å². The third-order valence-electron chi connectivity index (χ3n) is 5.26. The lowest BCUT2D eigenvalue weighted by atomic mass is 9.96. The standard InChI is InChI=1S/C22H32N2O5/c1-15(6-4-8-20(27)24-13-5-7-19(24)14-25)21(29-3)17-9-11-18(12-10-17)23-22(28)16(2)26/h4,6,9-12,15-16,19,21,25-26H,5,7-8,13-14H2,1-3H3,(H,23,28)/b6-4+/t15-,16+,19+,21+/m1/s1. The number of anilines is 1. The molecule has 1 fully saturated rings. The molecule has 1 aliphatic heterocycles. The molecule has 0 saturated carbocycles. The lowest BCUT2D eigenvalue weighted by Crippen LogP contribution is -2.37. The smallest absolute Gasteiger partial charge is 0.252 e. The van der Waals surface area contributed by atoms with Gasteiger partial charge in [-0.15, -0.1) is 0 Å². The molecule has 0 radical (unpaired) electrons. The van der Waals surface area contributed by atoms with Crippen LogP contribution in [0.5, 0.6) is 0 Å². The van der Waals surface area contributed by atoms with Gasteiger partial charge in [0.1, 0.15) is 6.10 Å². The highest BCUT2D eigenvalue weighted by molar-refractivity contribution is 5.93. The second kappa shape index (κ2) is 11.1. The molecule has 1 aliphatic rings. The normalized spacial score (nSPS) is 19.9. The van der Waals surface area contributed by atoms with Gasteiger partial charge in [-0.05, 0) is 37.5 Å². The first kappa shape index (κ1) is 23.1. The van der Waals surface area contributed by atoms with Crippen molar-refractivity contribution in [2.24, 2.45) is 5.92 Å². The molecule has 3 N–H and O–H groups in total. The van der Waals surface area contributed by atoms with Crippen LogP contribution in [-0.4, -0.2) is 59.3 Å². The summed E-state index contributed by atoms with van der Waals surface area (Å²) < 4.78 is 5.64. The lowest BCUT2D eigenvalue weighted by Gasteiger charge is -2.23. The summed E-state index contributed by atoms with van der Waals surface area (Å²) in [4.78, 5) is 25.7. The monoisotopic (exact) mass is 404 g/mol. The number of nitrogens with zero attached hydrogens (tertiary/aromatic N) is 1. The Morgan fingerprint density at radius 2 is 2.00 bits per heavy atom. The van der Waals surface area contributed by atoms with E-state index < -0.39 is 12.0 Å². The van der Waals surface area contributed by atoms with Crippen molar-refractivity contribution < 1.29 is 24.5 Å². The van der Waals surface area contributed by atoms with Crippen molar-refractivity contribution in [1.82, 2.24) is 4.90 Å². The first-order chi connectivity index (χ1) is 13.9. The molecule has 0 spiro atoms. The summed E-state index contributed by atoms with van der Waals surface area (Å²) in [7, 11) is 1.64. The Balaban J connectivity index is 1.93. The molecule has 0 bridgehead atoms. The number of rotatable bonds is 9. The quantitative estimate of drug-likeness (QED) is 0.549. The van der Waals surface area contributed by atoms with Gasteiger partial charge in [-0.2, -0.15) is 0 Å².